The van der Waals surface area contributed by atoms with Crippen molar-refractivity contribution in [2.75, 3.05) is 6.54 Å². The highest BCUT2D eigenvalue weighted by molar-refractivity contribution is 4.92. The van der Waals surface area contributed by atoms with E-state index in [0.29, 0.717) is 12.1 Å². The minimum absolute atomic E-state index is 0.431. The van der Waals surface area contributed by atoms with E-state index < -0.39 is 0 Å². The van der Waals surface area contributed by atoms with Crippen molar-refractivity contribution in [1.29, 1.82) is 0 Å². The van der Waals surface area contributed by atoms with Crippen LogP contribution in [-0.4, -0.2) is 29.6 Å². The monoisotopic (exact) mass is 266 g/mol. The van der Waals surface area contributed by atoms with E-state index in [1.54, 1.807) is 0 Å². The first kappa shape index (κ1) is 15.3. The summed E-state index contributed by atoms with van der Waals surface area (Å²) < 4.78 is 0. The quantitative estimate of drug-likeness (QED) is 0.835. The van der Waals surface area contributed by atoms with Gasteiger partial charge in [0, 0.05) is 18.1 Å². The van der Waals surface area contributed by atoms with Crippen molar-refractivity contribution in [3.8, 4) is 0 Å². The van der Waals surface area contributed by atoms with Gasteiger partial charge in [-0.3, -0.25) is 4.90 Å². The zero-order chi connectivity index (χ0) is 13.7. The van der Waals surface area contributed by atoms with Crippen LogP contribution >= 0.6 is 0 Å². The number of likely N-dealkylation sites (tertiary alicyclic amines) is 1. The molecule has 2 aliphatic rings. The number of rotatable bonds is 4. The topological polar surface area (TPSA) is 29.3 Å². The normalized spacial score (nSPS) is 38.1. The van der Waals surface area contributed by atoms with Gasteiger partial charge in [-0.05, 0) is 51.0 Å². The van der Waals surface area contributed by atoms with Crippen LogP contribution in [0, 0.1) is 5.92 Å². The van der Waals surface area contributed by atoms with Crippen LogP contribution in [0.15, 0.2) is 0 Å². The molecule has 1 aliphatic carbocycles. The Kier molecular flexibility index (Phi) is 6.15. The summed E-state index contributed by atoms with van der Waals surface area (Å²) in [4.78, 5) is 2.82. The molecule has 0 spiro atoms. The van der Waals surface area contributed by atoms with Gasteiger partial charge in [0.15, 0.2) is 0 Å². The van der Waals surface area contributed by atoms with Crippen LogP contribution in [0.5, 0.6) is 0 Å². The van der Waals surface area contributed by atoms with Crippen molar-refractivity contribution >= 4 is 0 Å². The van der Waals surface area contributed by atoms with Crippen LogP contribution in [0.1, 0.15) is 78.1 Å². The summed E-state index contributed by atoms with van der Waals surface area (Å²) >= 11 is 0. The summed E-state index contributed by atoms with van der Waals surface area (Å²) in [6.45, 7) is 5.99. The Morgan fingerprint density at radius 2 is 1.89 bits per heavy atom. The molecule has 1 aliphatic heterocycles. The summed E-state index contributed by atoms with van der Waals surface area (Å²) in [5.41, 5.74) is 6.49. The van der Waals surface area contributed by atoms with E-state index in [4.69, 9.17) is 5.73 Å². The van der Waals surface area contributed by atoms with Crippen molar-refractivity contribution in [3.63, 3.8) is 0 Å². The molecule has 0 aromatic rings. The molecule has 0 amide bonds. The lowest BCUT2D eigenvalue weighted by Gasteiger charge is -2.44. The van der Waals surface area contributed by atoms with Crippen molar-refractivity contribution in [1.82, 2.24) is 4.90 Å². The molecular weight excluding hydrogens is 232 g/mol. The van der Waals surface area contributed by atoms with Crippen LogP contribution in [0.4, 0.5) is 0 Å². The van der Waals surface area contributed by atoms with Gasteiger partial charge < -0.3 is 5.73 Å². The lowest BCUT2D eigenvalue weighted by molar-refractivity contribution is 0.0690. The van der Waals surface area contributed by atoms with E-state index >= 15 is 0 Å². The van der Waals surface area contributed by atoms with Gasteiger partial charge in [-0.25, -0.2) is 0 Å². The van der Waals surface area contributed by atoms with Gasteiger partial charge in [0.2, 0.25) is 0 Å². The Balaban J connectivity index is 2.02. The predicted octanol–water partition coefficient (Wildman–Crippen LogP) is 3.94. The maximum Gasteiger partial charge on any atom is 0.0252 e. The zero-order valence-corrected chi connectivity index (χ0v) is 13.1. The van der Waals surface area contributed by atoms with Gasteiger partial charge in [0.05, 0.1) is 0 Å². The lowest BCUT2D eigenvalue weighted by atomic mass is 9.79. The highest BCUT2D eigenvalue weighted by Gasteiger charge is 2.35. The van der Waals surface area contributed by atoms with Gasteiger partial charge in [-0.15, -0.1) is 0 Å². The van der Waals surface area contributed by atoms with E-state index in [1.807, 2.05) is 0 Å². The number of nitrogens with two attached hydrogens (primary N) is 1. The maximum absolute atomic E-state index is 6.49. The fraction of sp³-hybridized carbons (Fsp3) is 1.00. The van der Waals surface area contributed by atoms with Crippen molar-refractivity contribution in [2.24, 2.45) is 11.7 Å². The van der Waals surface area contributed by atoms with E-state index in [2.05, 4.69) is 18.7 Å². The summed E-state index contributed by atoms with van der Waals surface area (Å²) in [6, 6.07) is 1.91. The molecule has 4 unspecified atom stereocenters. The second-order valence-corrected chi connectivity index (χ2v) is 6.85. The average molecular weight is 266 g/mol. The maximum atomic E-state index is 6.49. The standard InChI is InChI=1S/C17H34N2/c1-3-8-14-10-11-16(18)17(13-14)19-12-7-5-6-9-15(19)4-2/h14-17H,3-13,18H2,1-2H3. The molecule has 2 rings (SSSR count). The SMILES string of the molecule is CCCC1CCC(N)C(N2CCCCCC2CC)C1. The number of hydrogen-bond donors (Lipinski definition) is 1. The molecule has 2 nitrogen and oxygen atoms in total. The summed E-state index contributed by atoms with van der Waals surface area (Å²) in [5.74, 6) is 0.940. The minimum atomic E-state index is 0.431. The average Bonchev–Trinajstić information content (AvgIpc) is 2.66. The van der Waals surface area contributed by atoms with E-state index in [9.17, 15) is 0 Å². The lowest BCUT2D eigenvalue weighted by Crippen LogP contribution is -2.54. The Labute approximate surface area is 120 Å². The highest BCUT2D eigenvalue weighted by Crippen LogP contribution is 2.33. The molecule has 2 fully saturated rings. The molecule has 2 heteroatoms. The van der Waals surface area contributed by atoms with Crippen LogP contribution < -0.4 is 5.73 Å². The molecule has 0 bridgehead atoms. The Morgan fingerprint density at radius 1 is 1.05 bits per heavy atom. The van der Waals surface area contributed by atoms with Gasteiger partial charge >= 0.3 is 0 Å². The van der Waals surface area contributed by atoms with E-state index in [-0.39, 0.29) is 0 Å². The van der Waals surface area contributed by atoms with E-state index in [1.165, 1.54) is 70.8 Å². The van der Waals surface area contributed by atoms with Crippen LogP contribution in [-0.2, 0) is 0 Å². The van der Waals surface area contributed by atoms with Gasteiger partial charge in [0.25, 0.3) is 0 Å². The van der Waals surface area contributed by atoms with Gasteiger partial charge in [-0.2, -0.15) is 0 Å². The summed E-state index contributed by atoms with van der Waals surface area (Å²) in [7, 11) is 0. The molecule has 0 aromatic carbocycles. The summed E-state index contributed by atoms with van der Waals surface area (Å²) in [6.07, 6.45) is 13.7. The Bertz CT molecular complexity index is 254. The first-order valence-electron chi connectivity index (χ1n) is 8.77. The fourth-order valence-electron chi connectivity index (χ4n) is 4.38. The molecule has 19 heavy (non-hydrogen) atoms. The molecule has 2 N–H and O–H groups in total. The Hall–Kier alpha value is -0.0800. The number of nitrogens with zero attached hydrogens (tertiary/aromatic N) is 1. The van der Waals surface area contributed by atoms with E-state index in [0.717, 1.165) is 12.0 Å². The van der Waals surface area contributed by atoms with Gasteiger partial charge in [0.1, 0.15) is 0 Å². The molecule has 112 valence electrons. The smallest absolute Gasteiger partial charge is 0.0252 e. The Morgan fingerprint density at radius 3 is 2.63 bits per heavy atom. The molecule has 1 saturated carbocycles. The largest absolute Gasteiger partial charge is 0.326 e. The predicted molar refractivity (Wildman–Crippen MR) is 83.3 cm³/mol. The van der Waals surface area contributed by atoms with Crippen molar-refractivity contribution < 1.29 is 0 Å². The molecule has 0 aromatic heterocycles. The molecule has 1 heterocycles. The zero-order valence-electron chi connectivity index (χ0n) is 13.1. The van der Waals surface area contributed by atoms with Crippen molar-refractivity contribution in [3.05, 3.63) is 0 Å². The minimum Gasteiger partial charge on any atom is -0.326 e. The fourth-order valence-corrected chi connectivity index (χ4v) is 4.38. The third-order valence-corrected chi connectivity index (χ3v) is 5.49. The second kappa shape index (κ2) is 7.64. The molecule has 1 saturated heterocycles. The first-order valence-corrected chi connectivity index (χ1v) is 8.77. The third kappa shape index (κ3) is 3.95. The molecule has 4 atom stereocenters. The molecular formula is C17H34N2. The first-order chi connectivity index (χ1) is 9.26. The number of hydrogen-bond acceptors (Lipinski definition) is 2. The molecule has 0 radical (unpaired) electrons. The third-order valence-electron chi connectivity index (χ3n) is 5.49. The second-order valence-electron chi connectivity index (χ2n) is 6.85. The van der Waals surface area contributed by atoms with Gasteiger partial charge in [-0.1, -0.05) is 39.5 Å². The van der Waals surface area contributed by atoms with Crippen molar-refractivity contribution in [2.45, 2.75) is 96.2 Å². The highest BCUT2D eigenvalue weighted by atomic mass is 15.2. The van der Waals surface area contributed by atoms with Crippen LogP contribution in [0.2, 0.25) is 0 Å². The van der Waals surface area contributed by atoms with Crippen LogP contribution in [0.25, 0.3) is 0 Å². The summed E-state index contributed by atoms with van der Waals surface area (Å²) in [5, 5.41) is 0. The van der Waals surface area contributed by atoms with Crippen LogP contribution in [0.3, 0.4) is 0 Å².